The zero-order chi connectivity index (χ0) is 16.6. The van der Waals surface area contributed by atoms with E-state index in [-0.39, 0.29) is 0 Å². The molecule has 0 spiro atoms. The summed E-state index contributed by atoms with van der Waals surface area (Å²) >= 11 is 4.99. The van der Waals surface area contributed by atoms with E-state index in [2.05, 4.69) is 108 Å². The number of fused-ring (bicyclic) bond motifs is 2. The summed E-state index contributed by atoms with van der Waals surface area (Å²) in [7, 11) is 0. The Labute approximate surface area is 167 Å². The van der Waals surface area contributed by atoms with Crippen LogP contribution in [0.4, 0.5) is 0 Å². The first-order valence-corrected chi connectivity index (χ1v) is 10.2. The fraction of sp³-hybridized carbons (Fsp3) is 0.0909. The lowest BCUT2D eigenvalue weighted by molar-refractivity contribution is 1.50. The summed E-state index contributed by atoms with van der Waals surface area (Å²) in [5, 5.41) is 11.2. The highest BCUT2D eigenvalue weighted by molar-refractivity contribution is 14.1. The van der Waals surface area contributed by atoms with Crippen molar-refractivity contribution >= 4 is 88.3 Å². The van der Waals surface area contributed by atoms with Crippen molar-refractivity contribution in [3.05, 3.63) is 66.8 Å². The predicted molar refractivity (Wildman–Crippen MR) is 123 cm³/mol. The Balaban J connectivity index is 2.33. The summed E-state index contributed by atoms with van der Waals surface area (Å²) in [5.74, 6) is 0. The van der Waals surface area contributed by atoms with Gasteiger partial charge in [0.1, 0.15) is 0 Å². The molecule has 2 heteroatoms. The molecule has 0 aliphatic rings. The van der Waals surface area contributed by atoms with Gasteiger partial charge in [-0.25, -0.2) is 0 Å². The first-order valence-electron chi connectivity index (χ1n) is 8.02. The molecule has 116 valence electrons. The number of hydrogen-bond acceptors (Lipinski definition) is 0. The number of benzene rings is 5. The normalized spacial score (nSPS) is 12.2. The van der Waals surface area contributed by atoms with Gasteiger partial charge in [-0.05, 0) is 115 Å². The van der Waals surface area contributed by atoms with Crippen molar-refractivity contribution in [2.45, 2.75) is 13.8 Å². The Bertz CT molecular complexity index is 1190. The molecule has 0 saturated heterocycles. The highest BCUT2D eigenvalue weighted by atomic mass is 127. The van der Waals surface area contributed by atoms with E-state index in [1.54, 1.807) is 0 Å². The molecule has 0 aliphatic carbocycles. The molecular weight excluding hydrogens is 518 g/mol. The first-order chi connectivity index (χ1) is 11.6. The van der Waals surface area contributed by atoms with Crippen LogP contribution in [0.25, 0.3) is 43.1 Å². The van der Waals surface area contributed by atoms with Gasteiger partial charge >= 0.3 is 0 Å². The lowest BCUT2D eigenvalue weighted by atomic mass is 9.86. The van der Waals surface area contributed by atoms with Gasteiger partial charge in [-0.1, -0.05) is 36.4 Å². The van der Waals surface area contributed by atoms with Crippen molar-refractivity contribution in [3.8, 4) is 0 Å². The van der Waals surface area contributed by atoms with Crippen LogP contribution in [0.3, 0.4) is 0 Å². The molecule has 5 aromatic rings. The molecule has 0 N–H and O–H groups in total. The van der Waals surface area contributed by atoms with Crippen LogP contribution in [-0.4, -0.2) is 0 Å². The molecule has 0 atom stereocenters. The molecule has 0 aliphatic heterocycles. The minimum atomic E-state index is 1.33. The zero-order valence-corrected chi connectivity index (χ0v) is 17.7. The van der Waals surface area contributed by atoms with Crippen LogP contribution in [0.5, 0.6) is 0 Å². The topological polar surface area (TPSA) is 0 Å². The predicted octanol–water partition coefficient (Wildman–Crippen LogP) is 7.56. The van der Waals surface area contributed by atoms with Gasteiger partial charge in [0.2, 0.25) is 0 Å². The van der Waals surface area contributed by atoms with Crippen molar-refractivity contribution in [2.24, 2.45) is 0 Å². The minimum Gasteiger partial charge on any atom is -0.0610 e. The van der Waals surface area contributed by atoms with E-state index in [9.17, 15) is 0 Å². The maximum atomic E-state index is 2.50. The smallest absolute Gasteiger partial charge is 0.0222 e. The van der Waals surface area contributed by atoms with E-state index in [0.717, 1.165) is 0 Å². The van der Waals surface area contributed by atoms with Gasteiger partial charge < -0.3 is 0 Å². The summed E-state index contributed by atoms with van der Waals surface area (Å²) in [6.07, 6.45) is 0. The SMILES string of the molecule is Cc1cc(I)c2c(I)cc(C)c3c4cccc5cccc(c1c23)c54. The van der Waals surface area contributed by atoms with E-state index < -0.39 is 0 Å². The van der Waals surface area contributed by atoms with Gasteiger partial charge in [0, 0.05) is 17.9 Å². The fourth-order valence-electron chi connectivity index (χ4n) is 4.24. The number of halogens is 2. The lowest BCUT2D eigenvalue weighted by Gasteiger charge is -2.19. The molecule has 0 heterocycles. The van der Waals surface area contributed by atoms with E-state index in [4.69, 9.17) is 0 Å². The van der Waals surface area contributed by atoms with Crippen LogP contribution in [0, 0.1) is 21.0 Å². The Hall–Kier alpha value is -1.14. The lowest BCUT2D eigenvalue weighted by Crippen LogP contribution is -1.95. The molecule has 0 aromatic heterocycles. The average molecular weight is 532 g/mol. The van der Waals surface area contributed by atoms with Crippen LogP contribution < -0.4 is 0 Å². The number of aryl methyl sites for hydroxylation is 2. The number of rotatable bonds is 0. The third-order valence-electron chi connectivity index (χ3n) is 5.15. The van der Waals surface area contributed by atoms with E-state index in [1.807, 2.05) is 0 Å². The Morgan fingerprint density at radius 3 is 1.58 bits per heavy atom. The zero-order valence-electron chi connectivity index (χ0n) is 13.4. The van der Waals surface area contributed by atoms with Gasteiger partial charge in [0.25, 0.3) is 0 Å². The first kappa shape index (κ1) is 15.1. The van der Waals surface area contributed by atoms with Crippen molar-refractivity contribution in [1.82, 2.24) is 0 Å². The number of hydrogen-bond donors (Lipinski definition) is 0. The molecule has 0 saturated carbocycles. The highest BCUT2D eigenvalue weighted by Crippen LogP contribution is 2.45. The molecule has 0 amide bonds. The quantitative estimate of drug-likeness (QED) is 0.110. The fourth-order valence-corrected chi connectivity index (χ4v) is 6.81. The van der Waals surface area contributed by atoms with Gasteiger partial charge in [-0.3, -0.25) is 0 Å². The average Bonchev–Trinajstić information content (AvgIpc) is 2.54. The molecule has 0 bridgehead atoms. The Morgan fingerprint density at radius 2 is 1.08 bits per heavy atom. The second-order valence-electron chi connectivity index (χ2n) is 6.56. The molecule has 24 heavy (non-hydrogen) atoms. The van der Waals surface area contributed by atoms with Crippen molar-refractivity contribution in [2.75, 3.05) is 0 Å². The van der Waals surface area contributed by atoms with Crippen LogP contribution in [0.1, 0.15) is 11.1 Å². The maximum absolute atomic E-state index is 2.50. The molecule has 0 radical (unpaired) electrons. The summed E-state index contributed by atoms with van der Waals surface area (Å²) < 4.78 is 2.70. The van der Waals surface area contributed by atoms with E-state index in [0.29, 0.717) is 0 Å². The molecule has 0 fully saturated rings. The third-order valence-corrected chi connectivity index (χ3v) is 6.85. The summed E-state index contributed by atoms with van der Waals surface area (Å²) in [6.45, 7) is 4.51. The van der Waals surface area contributed by atoms with Crippen LogP contribution in [0.2, 0.25) is 0 Å². The van der Waals surface area contributed by atoms with Gasteiger partial charge in [0.05, 0.1) is 0 Å². The van der Waals surface area contributed by atoms with Crippen molar-refractivity contribution in [3.63, 3.8) is 0 Å². The third kappa shape index (κ3) is 1.84. The van der Waals surface area contributed by atoms with E-state index in [1.165, 1.54) is 61.4 Å². The van der Waals surface area contributed by atoms with Crippen molar-refractivity contribution < 1.29 is 0 Å². The molecule has 0 unspecified atom stereocenters. The molecular formula is C22H14I2. The van der Waals surface area contributed by atoms with Crippen LogP contribution in [-0.2, 0) is 0 Å². The summed E-state index contributed by atoms with van der Waals surface area (Å²) in [6, 6.07) is 18.1. The largest absolute Gasteiger partial charge is 0.0610 e. The van der Waals surface area contributed by atoms with Gasteiger partial charge in [-0.2, -0.15) is 0 Å². The summed E-state index contributed by atoms with van der Waals surface area (Å²) in [4.78, 5) is 0. The standard InChI is InChI=1S/C22H14I2/c1-11-9-16(23)21-17(24)10-12(2)19-15-8-4-6-13-5-3-7-14(20(13)15)18(11)22(19)21/h3-10H,1-2H3. The van der Waals surface area contributed by atoms with Crippen LogP contribution in [0.15, 0.2) is 48.5 Å². The van der Waals surface area contributed by atoms with Crippen molar-refractivity contribution in [1.29, 1.82) is 0 Å². The monoisotopic (exact) mass is 532 g/mol. The molecule has 5 aromatic carbocycles. The van der Waals surface area contributed by atoms with Gasteiger partial charge in [0.15, 0.2) is 0 Å². The second kappa shape index (κ2) is 5.18. The van der Waals surface area contributed by atoms with Crippen LogP contribution >= 0.6 is 45.2 Å². The maximum Gasteiger partial charge on any atom is 0.0222 e. The van der Waals surface area contributed by atoms with E-state index >= 15 is 0 Å². The Morgan fingerprint density at radius 1 is 0.583 bits per heavy atom. The molecule has 0 nitrogen and oxygen atoms in total. The second-order valence-corrected chi connectivity index (χ2v) is 8.88. The summed E-state index contributed by atoms with van der Waals surface area (Å²) in [5.41, 5.74) is 2.74. The minimum absolute atomic E-state index is 1.33. The molecule has 5 rings (SSSR count). The Kier molecular flexibility index (Phi) is 3.27. The van der Waals surface area contributed by atoms with Gasteiger partial charge in [-0.15, -0.1) is 0 Å². The highest BCUT2D eigenvalue weighted by Gasteiger charge is 2.18.